The number of aromatic nitrogens is 2. The molecular weight excluding hydrogens is 156 g/mol. The van der Waals surface area contributed by atoms with E-state index in [-0.39, 0.29) is 0 Å². The molecule has 0 atom stereocenters. The van der Waals surface area contributed by atoms with E-state index >= 15 is 0 Å². The molecule has 0 unspecified atom stereocenters. The predicted octanol–water partition coefficient (Wildman–Crippen LogP) is 1.02. The Labute approximate surface area is 60.9 Å². The van der Waals surface area contributed by atoms with Gasteiger partial charge in [-0.15, -0.1) is 0 Å². The van der Waals surface area contributed by atoms with Gasteiger partial charge in [-0.05, 0) is 19.1 Å². The van der Waals surface area contributed by atoms with Crippen LogP contribution in [0.4, 0.5) is 0 Å². The minimum absolute atomic E-state index is 0.502. The predicted molar refractivity (Wildman–Crippen MR) is 37.8 cm³/mol. The third-order valence-electron chi connectivity index (χ3n) is 0.770. The highest BCUT2D eigenvalue weighted by Gasteiger charge is 1.94. The van der Waals surface area contributed by atoms with Crippen LogP contribution < -0.4 is 0 Å². The molecule has 1 heterocycles. The van der Waals surface area contributed by atoms with Crippen molar-refractivity contribution >= 4 is 30.0 Å². The van der Waals surface area contributed by atoms with Crippen LogP contribution in [0.1, 0.15) is 5.01 Å². The maximum absolute atomic E-state index is 10.1. The zero-order valence-electron chi connectivity index (χ0n) is 4.70. The summed E-state index contributed by atoms with van der Waals surface area (Å²) in [4.78, 5) is 10.1. The van der Waals surface area contributed by atoms with E-state index in [9.17, 15) is 4.79 Å². The van der Waals surface area contributed by atoms with Gasteiger partial charge < -0.3 is 0 Å². The Morgan fingerprint density at radius 1 is 1.89 bits per heavy atom. The highest BCUT2D eigenvalue weighted by molar-refractivity contribution is 7.73. The summed E-state index contributed by atoms with van der Waals surface area (Å²) in [6, 6.07) is 0. The summed E-state index contributed by atoms with van der Waals surface area (Å²) in [7, 11) is 0. The third kappa shape index (κ3) is 1.22. The first-order valence-corrected chi connectivity index (χ1v) is 3.48. The second-order valence-corrected chi connectivity index (χ2v) is 3.26. The van der Waals surface area contributed by atoms with Crippen LogP contribution in [0.3, 0.4) is 0 Å². The van der Waals surface area contributed by atoms with E-state index in [1.807, 2.05) is 0 Å². The van der Waals surface area contributed by atoms with Crippen molar-refractivity contribution < 1.29 is 4.79 Å². The Bertz CT molecular complexity index is 274. The SMILES string of the molecule is Cc1nn(C=O)c(=S)s1. The van der Waals surface area contributed by atoms with Crippen LogP contribution in [0.2, 0.25) is 0 Å². The van der Waals surface area contributed by atoms with E-state index in [1.54, 1.807) is 6.92 Å². The number of hydrogen-bond acceptors (Lipinski definition) is 4. The van der Waals surface area contributed by atoms with Crippen molar-refractivity contribution in [2.75, 3.05) is 0 Å². The fourth-order valence-corrected chi connectivity index (χ4v) is 1.46. The summed E-state index contributed by atoms with van der Waals surface area (Å²) in [6.45, 7) is 1.81. The van der Waals surface area contributed by atoms with Crippen LogP contribution >= 0.6 is 23.6 Å². The summed E-state index contributed by atoms with van der Waals surface area (Å²) in [5.41, 5.74) is 0. The Morgan fingerprint density at radius 3 is 2.78 bits per heavy atom. The van der Waals surface area contributed by atoms with E-state index in [0.29, 0.717) is 10.4 Å². The first kappa shape index (κ1) is 6.57. The zero-order chi connectivity index (χ0) is 6.85. The topological polar surface area (TPSA) is 34.9 Å². The maximum atomic E-state index is 10.1. The van der Waals surface area contributed by atoms with Crippen LogP contribution in [0, 0.1) is 10.9 Å². The van der Waals surface area contributed by atoms with Crippen LogP contribution in [-0.4, -0.2) is 16.2 Å². The number of hydrogen-bond donors (Lipinski definition) is 0. The van der Waals surface area contributed by atoms with Crippen molar-refractivity contribution in [2.24, 2.45) is 0 Å². The summed E-state index contributed by atoms with van der Waals surface area (Å²) in [5, 5.41) is 4.60. The molecule has 9 heavy (non-hydrogen) atoms. The number of nitrogens with zero attached hydrogens (tertiary/aromatic N) is 2. The van der Waals surface area contributed by atoms with Crippen molar-refractivity contribution in [3.63, 3.8) is 0 Å². The van der Waals surface area contributed by atoms with Gasteiger partial charge in [0.1, 0.15) is 5.01 Å². The van der Waals surface area contributed by atoms with Gasteiger partial charge in [-0.2, -0.15) is 9.78 Å². The Morgan fingerprint density at radius 2 is 2.56 bits per heavy atom. The molecule has 0 saturated carbocycles. The lowest BCUT2D eigenvalue weighted by Crippen LogP contribution is -1.95. The van der Waals surface area contributed by atoms with Crippen LogP contribution in [0.25, 0.3) is 0 Å². The van der Waals surface area contributed by atoms with Gasteiger partial charge in [0.05, 0.1) is 0 Å². The Kier molecular flexibility index (Phi) is 1.73. The largest absolute Gasteiger partial charge is 0.276 e. The van der Waals surface area contributed by atoms with Gasteiger partial charge in [-0.25, -0.2) is 0 Å². The first-order chi connectivity index (χ1) is 4.24. The molecule has 0 radical (unpaired) electrons. The van der Waals surface area contributed by atoms with Gasteiger partial charge in [-0.1, -0.05) is 11.3 Å². The molecule has 0 aliphatic heterocycles. The van der Waals surface area contributed by atoms with Crippen LogP contribution in [0.15, 0.2) is 0 Å². The molecule has 0 amide bonds. The minimum atomic E-state index is 0.502. The molecular formula is C4H4N2OS2. The highest BCUT2D eigenvalue weighted by atomic mass is 32.1. The molecule has 48 valence electrons. The van der Waals surface area contributed by atoms with Crippen molar-refractivity contribution in [3.8, 4) is 0 Å². The lowest BCUT2D eigenvalue weighted by atomic mass is 10.9. The first-order valence-electron chi connectivity index (χ1n) is 2.25. The monoisotopic (exact) mass is 160 g/mol. The molecule has 1 rings (SSSR count). The quantitative estimate of drug-likeness (QED) is 0.454. The van der Waals surface area contributed by atoms with Crippen molar-refractivity contribution in [1.29, 1.82) is 0 Å². The summed E-state index contributed by atoms with van der Waals surface area (Å²) in [6.07, 6.45) is 0.603. The molecule has 0 aromatic carbocycles. The number of aryl methyl sites for hydroxylation is 1. The fourth-order valence-electron chi connectivity index (χ4n) is 0.453. The molecule has 5 heteroatoms. The van der Waals surface area contributed by atoms with Gasteiger partial charge in [-0.3, -0.25) is 4.79 Å². The summed E-state index contributed by atoms with van der Waals surface area (Å²) < 4.78 is 1.65. The smallest absolute Gasteiger partial charge is 0.236 e. The lowest BCUT2D eigenvalue weighted by Gasteiger charge is -1.77. The Hall–Kier alpha value is -0.550. The molecule has 0 spiro atoms. The third-order valence-corrected chi connectivity index (χ3v) is 1.95. The lowest BCUT2D eigenvalue weighted by molar-refractivity contribution is 0.539. The van der Waals surface area contributed by atoms with Crippen LogP contribution in [0.5, 0.6) is 0 Å². The van der Waals surface area contributed by atoms with Crippen molar-refractivity contribution in [1.82, 2.24) is 9.78 Å². The average Bonchev–Trinajstić information content (AvgIpc) is 2.10. The van der Waals surface area contributed by atoms with E-state index < -0.39 is 0 Å². The Balaban J connectivity index is 3.32. The van der Waals surface area contributed by atoms with Crippen LogP contribution in [-0.2, 0) is 4.79 Å². The van der Waals surface area contributed by atoms with Gasteiger partial charge >= 0.3 is 0 Å². The van der Waals surface area contributed by atoms with Gasteiger partial charge in [0.25, 0.3) is 0 Å². The molecule has 0 bridgehead atoms. The zero-order valence-corrected chi connectivity index (χ0v) is 6.33. The molecule has 0 N–H and O–H groups in total. The second-order valence-electron chi connectivity index (χ2n) is 1.44. The summed E-state index contributed by atoms with van der Waals surface area (Å²) >= 11 is 6.09. The van der Waals surface area contributed by atoms with E-state index in [2.05, 4.69) is 5.10 Å². The standard InChI is InChI=1S/C4H4N2OS2/c1-3-5-6(2-7)4(8)9-3/h2H,1H3. The normalized spacial score (nSPS) is 9.44. The fraction of sp³-hybridized carbons (Fsp3) is 0.250. The number of carbonyl (C=O) groups excluding carboxylic acids is 1. The number of rotatable bonds is 1. The average molecular weight is 160 g/mol. The van der Waals surface area contributed by atoms with E-state index in [4.69, 9.17) is 12.2 Å². The van der Waals surface area contributed by atoms with Gasteiger partial charge in [0, 0.05) is 0 Å². The highest BCUT2D eigenvalue weighted by Crippen LogP contribution is 2.03. The molecule has 3 nitrogen and oxygen atoms in total. The van der Waals surface area contributed by atoms with E-state index in [1.165, 1.54) is 11.3 Å². The molecule has 0 saturated heterocycles. The molecule has 0 aliphatic carbocycles. The molecule has 1 aromatic rings. The minimum Gasteiger partial charge on any atom is -0.276 e. The second kappa shape index (κ2) is 2.36. The van der Waals surface area contributed by atoms with Crippen molar-refractivity contribution in [2.45, 2.75) is 6.92 Å². The summed E-state index contributed by atoms with van der Waals surface area (Å²) in [5.74, 6) is 0. The van der Waals surface area contributed by atoms with Crippen molar-refractivity contribution in [3.05, 3.63) is 8.96 Å². The van der Waals surface area contributed by atoms with Gasteiger partial charge in [0.2, 0.25) is 6.41 Å². The number of carbonyl (C=O) groups is 1. The maximum Gasteiger partial charge on any atom is 0.236 e. The van der Waals surface area contributed by atoms with E-state index in [0.717, 1.165) is 9.69 Å². The molecule has 1 aromatic heterocycles. The molecule has 0 fully saturated rings. The molecule has 0 aliphatic rings. The van der Waals surface area contributed by atoms with Gasteiger partial charge in [0.15, 0.2) is 3.95 Å².